The van der Waals surface area contributed by atoms with Crippen molar-refractivity contribution < 1.29 is 4.79 Å². The molecule has 0 unspecified atom stereocenters. The number of hydrogen-bond acceptors (Lipinski definition) is 2. The maximum absolute atomic E-state index is 12.3. The van der Waals surface area contributed by atoms with Crippen LogP contribution in [0.5, 0.6) is 0 Å². The molecule has 0 atom stereocenters. The van der Waals surface area contributed by atoms with Gasteiger partial charge in [-0.3, -0.25) is 4.79 Å². The molecule has 0 aliphatic heterocycles. The molecule has 1 aromatic carbocycles. The molecule has 0 aromatic heterocycles. The zero-order valence-electron chi connectivity index (χ0n) is 12.0. The van der Waals surface area contributed by atoms with Crippen molar-refractivity contribution in [2.75, 3.05) is 5.73 Å². The molecule has 20 heavy (non-hydrogen) atoms. The Hall–Kier alpha value is -1.03. The van der Waals surface area contributed by atoms with Gasteiger partial charge in [0.1, 0.15) is 0 Å². The van der Waals surface area contributed by atoms with Gasteiger partial charge in [0.15, 0.2) is 0 Å². The SMILES string of the molecule is CCCC1CCC(NC(=O)c2cccc(N)c2Br)CC1. The largest absolute Gasteiger partial charge is 0.398 e. The highest BCUT2D eigenvalue weighted by Crippen LogP contribution is 2.28. The number of halogens is 1. The highest BCUT2D eigenvalue weighted by Gasteiger charge is 2.23. The van der Waals surface area contributed by atoms with Crippen LogP contribution in [0.4, 0.5) is 5.69 Å². The number of anilines is 1. The van der Waals surface area contributed by atoms with Gasteiger partial charge in [-0.15, -0.1) is 0 Å². The molecule has 1 aliphatic carbocycles. The van der Waals surface area contributed by atoms with Gasteiger partial charge in [-0.05, 0) is 59.7 Å². The number of rotatable bonds is 4. The molecule has 110 valence electrons. The lowest BCUT2D eigenvalue weighted by atomic mass is 9.83. The Labute approximate surface area is 129 Å². The predicted molar refractivity (Wildman–Crippen MR) is 86.7 cm³/mol. The zero-order chi connectivity index (χ0) is 14.5. The summed E-state index contributed by atoms with van der Waals surface area (Å²) in [5.74, 6) is 0.829. The topological polar surface area (TPSA) is 55.1 Å². The summed E-state index contributed by atoms with van der Waals surface area (Å²) in [5, 5.41) is 3.14. The van der Waals surface area contributed by atoms with Crippen LogP contribution in [0.25, 0.3) is 0 Å². The molecule has 0 spiro atoms. The van der Waals surface area contributed by atoms with Crippen molar-refractivity contribution in [1.82, 2.24) is 5.32 Å². The molecule has 0 heterocycles. The number of hydrogen-bond donors (Lipinski definition) is 2. The molecule has 2 rings (SSSR count). The van der Waals surface area contributed by atoms with E-state index in [1.165, 1.54) is 25.7 Å². The molecule has 0 saturated heterocycles. The number of nitrogens with two attached hydrogens (primary N) is 1. The summed E-state index contributed by atoms with van der Waals surface area (Å²) in [6.07, 6.45) is 7.24. The first kappa shape index (κ1) is 15.4. The fourth-order valence-electron chi connectivity index (χ4n) is 2.99. The maximum Gasteiger partial charge on any atom is 0.252 e. The monoisotopic (exact) mass is 338 g/mol. The normalized spacial score (nSPS) is 22.5. The Bertz CT molecular complexity index is 468. The van der Waals surface area contributed by atoms with Gasteiger partial charge in [-0.1, -0.05) is 25.8 Å². The first-order valence-electron chi connectivity index (χ1n) is 7.46. The van der Waals surface area contributed by atoms with E-state index in [1.807, 2.05) is 6.07 Å². The van der Waals surface area contributed by atoms with Crippen LogP contribution >= 0.6 is 15.9 Å². The fourth-order valence-corrected chi connectivity index (χ4v) is 3.44. The van der Waals surface area contributed by atoms with E-state index in [2.05, 4.69) is 28.2 Å². The number of carbonyl (C=O) groups is 1. The van der Waals surface area contributed by atoms with Crippen LogP contribution in [0, 0.1) is 5.92 Å². The minimum absolute atomic E-state index is 0.0249. The molecule has 0 bridgehead atoms. The number of benzene rings is 1. The molecule has 0 radical (unpaired) electrons. The van der Waals surface area contributed by atoms with Gasteiger partial charge in [-0.25, -0.2) is 0 Å². The van der Waals surface area contributed by atoms with Crippen molar-refractivity contribution >= 4 is 27.5 Å². The highest BCUT2D eigenvalue weighted by molar-refractivity contribution is 9.10. The van der Waals surface area contributed by atoms with Gasteiger partial charge >= 0.3 is 0 Å². The van der Waals surface area contributed by atoms with Gasteiger partial charge in [0.2, 0.25) is 0 Å². The van der Waals surface area contributed by atoms with E-state index < -0.39 is 0 Å². The Morgan fingerprint density at radius 2 is 2.05 bits per heavy atom. The minimum atomic E-state index is -0.0249. The second-order valence-corrected chi connectivity index (χ2v) is 6.48. The molecule has 1 aliphatic rings. The molecule has 1 amide bonds. The lowest BCUT2D eigenvalue weighted by Gasteiger charge is -2.29. The molecule has 1 saturated carbocycles. The quantitative estimate of drug-likeness (QED) is 0.811. The van der Waals surface area contributed by atoms with Gasteiger partial charge in [0.25, 0.3) is 5.91 Å². The van der Waals surface area contributed by atoms with Crippen LogP contribution in [-0.2, 0) is 0 Å². The van der Waals surface area contributed by atoms with Crippen LogP contribution < -0.4 is 11.1 Å². The van der Waals surface area contributed by atoms with Gasteiger partial charge < -0.3 is 11.1 Å². The van der Waals surface area contributed by atoms with E-state index in [9.17, 15) is 4.79 Å². The third kappa shape index (κ3) is 3.75. The van der Waals surface area contributed by atoms with Crippen molar-refractivity contribution in [1.29, 1.82) is 0 Å². The maximum atomic E-state index is 12.3. The standard InChI is InChI=1S/C16H23BrN2O/c1-2-4-11-7-9-12(10-8-11)19-16(20)13-5-3-6-14(18)15(13)17/h3,5-6,11-12H,2,4,7-10,18H2,1H3,(H,19,20). The Morgan fingerprint density at radius 3 is 2.70 bits per heavy atom. The van der Waals surface area contributed by atoms with E-state index in [1.54, 1.807) is 12.1 Å². The number of carbonyl (C=O) groups excluding carboxylic acids is 1. The molecule has 1 aromatic rings. The van der Waals surface area contributed by atoms with E-state index in [0.717, 1.165) is 18.8 Å². The lowest BCUT2D eigenvalue weighted by molar-refractivity contribution is 0.0920. The van der Waals surface area contributed by atoms with Crippen LogP contribution in [0.1, 0.15) is 55.8 Å². The van der Waals surface area contributed by atoms with Crippen molar-refractivity contribution in [2.24, 2.45) is 5.92 Å². The summed E-state index contributed by atoms with van der Waals surface area (Å²) in [5.41, 5.74) is 7.04. The van der Waals surface area contributed by atoms with E-state index in [-0.39, 0.29) is 5.91 Å². The Morgan fingerprint density at radius 1 is 1.35 bits per heavy atom. The summed E-state index contributed by atoms with van der Waals surface area (Å²) in [6, 6.07) is 5.71. The van der Waals surface area contributed by atoms with Gasteiger partial charge in [-0.2, -0.15) is 0 Å². The average molecular weight is 339 g/mol. The van der Waals surface area contributed by atoms with Crippen LogP contribution in [-0.4, -0.2) is 11.9 Å². The van der Waals surface area contributed by atoms with Crippen molar-refractivity contribution in [2.45, 2.75) is 51.5 Å². The van der Waals surface area contributed by atoms with Crippen LogP contribution in [0.3, 0.4) is 0 Å². The highest BCUT2D eigenvalue weighted by atomic mass is 79.9. The second kappa shape index (κ2) is 7.11. The second-order valence-electron chi connectivity index (χ2n) is 5.69. The smallest absolute Gasteiger partial charge is 0.252 e. The van der Waals surface area contributed by atoms with Gasteiger partial charge in [0, 0.05) is 11.7 Å². The van der Waals surface area contributed by atoms with Crippen molar-refractivity contribution in [3.63, 3.8) is 0 Å². The van der Waals surface area contributed by atoms with Crippen molar-refractivity contribution in [3.8, 4) is 0 Å². The average Bonchev–Trinajstić information content (AvgIpc) is 2.44. The van der Waals surface area contributed by atoms with Crippen LogP contribution in [0.15, 0.2) is 22.7 Å². The summed E-state index contributed by atoms with van der Waals surface area (Å²) < 4.78 is 0.692. The Kier molecular flexibility index (Phi) is 5.46. The predicted octanol–water partition coefficient (Wildman–Crippen LogP) is 4.12. The number of nitrogens with one attached hydrogen (secondary N) is 1. The Balaban J connectivity index is 1.91. The molecular formula is C16H23BrN2O. The van der Waals surface area contributed by atoms with E-state index in [0.29, 0.717) is 21.8 Å². The summed E-state index contributed by atoms with van der Waals surface area (Å²) in [7, 11) is 0. The van der Waals surface area contributed by atoms with Crippen molar-refractivity contribution in [3.05, 3.63) is 28.2 Å². The fraction of sp³-hybridized carbons (Fsp3) is 0.562. The first-order chi connectivity index (χ1) is 9.61. The summed E-state index contributed by atoms with van der Waals surface area (Å²) in [6.45, 7) is 2.24. The third-order valence-corrected chi connectivity index (χ3v) is 5.04. The number of amides is 1. The van der Waals surface area contributed by atoms with E-state index >= 15 is 0 Å². The molecule has 3 nitrogen and oxygen atoms in total. The first-order valence-corrected chi connectivity index (χ1v) is 8.26. The van der Waals surface area contributed by atoms with E-state index in [4.69, 9.17) is 5.73 Å². The number of nitrogen functional groups attached to an aromatic ring is 1. The molecule has 4 heteroatoms. The van der Waals surface area contributed by atoms with Crippen LogP contribution in [0.2, 0.25) is 0 Å². The summed E-state index contributed by atoms with van der Waals surface area (Å²) >= 11 is 3.39. The lowest BCUT2D eigenvalue weighted by Crippen LogP contribution is -2.37. The zero-order valence-corrected chi connectivity index (χ0v) is 13.6. The van der Waals surface area contributed by atoms with Gasteiger partial charge in [0.05, 0.1) is 10.0 Å². The summed E-state index contributed by atoms with van der Waals surface area (Å²) in [4.78, 5) is 12.3. The third-order valence-electron chi connectivity index (χ3n) is 4.15. The molecule has 1 fully saturated rings. The molecule has 3 N–H and O–H groups in total. The molecular weight excluding hydrogens is 316 g/mol. The minimum Gasteiger partial charge on any atom is -0.398 e.